The molecule has 0 saturated carbocycles. The molecule has 0 spiro atoms. The van der Waals surface area contributed by atoms with Gasteiger partial charge in [-0.05, 0) is 42.5 Å². The molecular weight excluding hydrogens is 488 g/mol. The maximum atomic E-state index is 14.0. The number of dihydropyridines is 1. The Balaban J connectivity index is 1.59. The van der Waals surface area contributed by atoms with Crippen LogP contribution in [0, 0.1) is 5.41 Å². The monoisotopic (exact) mass is 522 g/mol. The van der Waals surface area contributed by atoms with Crippen molar-refractivity contribution in [3.63, 3.8) is 0 Å². The number of ether oxygens (including phenoxy) is 2. The van der Waals surface area contributed by atoms with E-state index in [2.05, 4.69) is 24.5 Å². The van der Waals surface area contributed by atoms with Gasteiger partial charge >= 0.3 is 0 Å². The third-order valence-corrected chi connectivity index (χ3v) is 7.31. The number of Topliss-reactive ketones (excluding diaryl/α,β-unsaturated/α-hetero) is 1. The van der Waals surface area contributed by atoms with Gasteiger partial charge in [0.05, 0.1) is 18.7 Å². The summed E-state index contributed by atoms with van der Waals surface area (Å²) in [6, 6.07) is 24.9. The van der Waals surface area contributed by atoms with Crippen molar-refractivity contribution in [1.29, 1.82) is 0 Å². The number of amides is 1. The number of carbonyl (C=O) groups is 2. The molecule has 0 fully saturated rings. The van der Waals surface area contributed by atoms with Crippen LogP contribution in [0.4, 0.5) is 5.69 Å². The summed E-state index contributed by atoms with van der Waals surface area (Å²) >= 11 is 0. The number of nitrogens with one attached hydrogen (secondary N) is 2. The van der Waals surface area contributed by atoms with Crippen LogP contribution in [0.3, 0.4) is 0 Å². The van der Waals surface area contributed by atoms with Crippen molar-refractivity contribution in [3.8, 4) is 11.5 Å². The van der Waals surface area contributed by atoms with Crippen LogP contribution in [0.5, 0.6) is 11.5 Å². The third kappa shape index (κ3) is 5.46. The van der Waals surface area contributed by atoms with Gasteiger partial charge in [0.15, 0.2) is 5.78 Å². The van der Waals surface area contributed by atoms with Gasteiger partial charge < -0.3 is 20.1 Å². The Kier molecular flexibility index (Phi) is 7.29. The topological polar surface area (TPSA) is 76.7 Å². The fourth-order valence-electron chi connectivity index (χ4n) is 5.57. The standard InChI is InChI=1S/C33H34N2O4/c1-21-29(32(37)35-24-15-9-11-17-28(24)38-4)30(31-25(34-21)18-33(2,3)19-26(31)36)23-14-8-10-16-27(23)39-20-22-12-6-5-7-13-22/h5-17,30,34H,18-20H2,1-4H3,(H,35,37)/t30-/m1/s1. The van der Waals surface area contributed by atoms with Gasteiger partial charge in [0, 0.05) is 34.5 Å². The molecule has 1 heterocycles. The smallest absolute Gasteiger partial charge is 0.254 e. The molecule has 0 unspecified atom stereocenters. The van der Waals surface area contributed by atoms with Gasteiger partial charge in [0.25, 0.3) is 5.91 Å². The molecule has 0 bridgehead atoms. The second-order valence-corrected chi connectivity index (χ2v) is 10.9. The molecule has 0 radical (unpaired) electrons. The highest BCUT2D eigenvalue weighted by Crippen LogP contribution is 2.48. The van der Waals surface area contributed by atoms with E-state index < -0.39 is 5.92 Å². The van der Waals surface area contributed by atoms with E-state index >= 15 is 0 Å². The zero-order valence-electron chi connectivity index (χ0n) is 22.8. The van der Waals surface area contributed by atoms with Crippen LogP contribution in [0.2, 0.25) is 0 Å². The molecule has 3 aromatic carbocycles. The van der Waals surface area contributed by atoms with Crippen molar-refractivity contribution in [3.05, 3.63) is 113 Å². The lowest BCUT2D eigenvalue weighted by Crippen LogP contribution is -2.39. The van der Waals surface area contributed by atoms with E-state index in [0.717, 1.165) is 28.9 Å². The molecule has 1 amide bonds. The van der Waals surface area contributed by atoms with E-state index in [1.165, 1.54) is 0 Å². The maximum absolute atomic E-state index is 14.0. The number of allylic oxidation sites excluding steroid dienone is 3. The van der Waals surface area contributed by atoms with E-state index in [1.807, 2.05) is 73.7 Å². The molecule has 39 heavy (non-hydrogen) atoms. The van der Waals surface area contributed by atoms with E-state index in [9.17, 15) is 9.59 Å². The van der Waals surface area contributed by atoms with Crippen LogP contribution in [-0.4, -0.2) is 18.8 Å². The summed E-state index contributed by atoms with van der Waals surface area (Å²) in [5, 5.41) is 6.46. The van der Waals surface area contributed by atoms with Gasteiger partial charge in [-0.15, -0.1) is 0 Å². The number of ketones is 1. The zero-order chi connectivity index (χ0) is 27.6. The Labute approximate surface area is 229 Å². The van der Waals surface area contributed by atoms with Crippen LogP contribution in [-0.2, 0) is 16.2 Å². The number of benzene rings is 3. The van der Waals surface area contributed by atoms with Crippen LogP contribution in [0.25, 0.3) is 0 Å². The lowest BCUT2D eigenvalue weighted by molar-refractivity contribution is -0.118. The highest BCUT2D eigenvalue weighted by Gasteiger charge is 2.43. The summed E-state index contributed by atoms with van der Waals surface area (Å²) < 4.78 is 11.8. The van der Waals surface area contributed by atoms with Crippen LogP contribution in [0.15, 0.2) is 101 Å². The molecule has 1 atom stereocenters. The van der Waals surface area contributed by atoms with Crippen molar-refractivity contribution in [2.75, 3.05) is 12.4 Å². The minimum atomic E-state index is -0.577. The molecule has 2 N–H and O–H groups in total. The first-order chi connectivity index (χ1) is 18.8. The largest absolute Gasteiger partial charge is 0.495 e. The second kappa shape index (κ2) is 10.8. The molecule has 200 valence electrons. The molecule has 0 aromatic heterocycles. The number of anilines is 1. The quantitative estimate of drug-likeness (QED) is 0.370. The maximum Gasteiger partial charge on any atom is 0.254 e. The second-order valence-electron chi connectivity index (χ2n) is 10.9. The zero-order valence-corrected chi connectivity index (χ0v) is 22.8. The average molecular weight is 523 g/mol. The van der Waals surface area contributed by atoms with Gasteiger partial charge in [0.1, 0.15) is 18.1 Å². The lowest BCUT2D eigenvalue weighted by Gasteiger charge is -2.40. The summed E-state index contributed by atoms with van der Waals surface area (Å²) in [7, 11) is 1.57. The Bertz CT molecular complexity index is 1470. The first-order valence-corrected chi connectivity index (χ1v) is 13.2. The van der Waals surface area contributed by atoms with Crippen LogP contribution >= 0.6 is 0 Å². The van der Waals surface area contributed by atoms with Crippen LogP contribution < -0.4 is 20.1 Å². The Morgan fingerprint density at radius 1 is 0.949 bits per heavy atom. The Morgan fingerprint density at radius 3 is 2.36 bits per heavy atom. The van der Waals surface area contributed by atoms with Crippen molar-refractivity contribution >= 4 is 17.4 Å². The molecule has 1 aliphatic heterocycles. The molecule has 2 aliphatic rings. The van der Waals surface area contributed by atoms with Gasteiger partial charge in [-0.25, -0.2) is 0 Å². The Morgan fingerprint density at radius 2 is 1.62 bits per heavy atom. The van der Waals surface area contributed by atoms with E-state index in [1.54, 1.807) is 19.2 Å². The van der Waals surface area contributed by atoms with Gasteiger partial charge in [-0.2, -0.15) is 0 Å². The van der Waals surface area contributed by atoms with E-state index in [0.29, 0.717) is 41.4 Å². The number of hydrogen-bond acceptors (Lipinski definition) is 5. The van der Waals surface area contributed by atoms with Crippen molar-refractivity contribution in [2.24, 2.45) is 5.41 Å². The minimum absolute atomic E-state index is 0.0479. The molecule has 0 saturated heterocycles. The van der Waals surface area contributed by atoms with Crippen molar-refractivity contribution in [1.82, 2.24) is 5.32 Å². The predicted molar refractivity (Wildman–Crippen MR) is 152 cm³/mol. The number of para-hydroxylation sites is 3. The number of methoxy groups -OCH3 is 1. The van der Waals surface area contributed by atoms with Crippen molar-refractivity contribution in [2.45, 2.75) is 46.1 Å². The minimum Gasteiger partial charge on any atom is -0.495 e. The van der Waals surface area contributed by atoms with Gasteiger partial charge in [-0.3, -0.25) is 9.59 Å². The highest BCUT2D eigenvalue weighted by atomic mass is 16.5. The number of hydrogen-bond donors (Lipinski definition) is 2. The van der Waals surface area contributed by atoms with E-state index in [-0.39, 0.29) is 17.1 Å². The average Bonchev–Trinajstić information content (AvgIpc) is 2.91. The predicted octanol–water partition coefficient (Wildman–Crippen LogP) is 6.52. The fourth-order valence-corrected chi connectivity index (χ4v) is 5.57. The number of rotatable bonds is 7. The molecule has 5 rings (SSSR count). The molecule has 1 aliphatic carbocycles. The number of carbonyl (C=O) groups excluding carboxylic acids is 2. The third-order valence-electron chi connectivity index (χ3n) is 7.31. The summed E-state index contributed by atoms with van der Waals surface area (Å²) in [5.74, 6) is 0.384. The molecular formula is C33H34N2O4. The Hall–Kier alpha value is -4.32. The van der Waals surface area contributed by atoms with Gasteiger partial charge in [-0.1, -0.05) is 74.5 Å². The van der Waals surface area contributed by atoms with Crippen LogP contribution in [0.1, 0.15) is 50.7 Å². The molecule has 6 nitrogen and oxygen atoms in total. The first-order valence-electron chi connectivity index (χ1n) is 13.2. The highest BCUT2D eigenvalue weighted by molar-refractivity contribution is 6.10. The normalized spacial score (nSPS) is 18.3. The lowest BCUT2D eigenvalue weighted by atomic mass is 9.68. The van der Waals surface area contributed by atoms with E-state index in [4.69, 9.17) is 9.47 Å². The first kappa shape index (κ1) is 26.3. The van der Waals surface area contributed by atoms with Gasteiger partial charge in [0.2, 0.25) is 0 Å². The summed E-state index contributed by atoms with van der Waals surface area (Å²) in [4.78, 5) is 27.7. The molecule has 3 aromatic rings. The molecule has 6 heteroatoms. The summed E-state index contributed by atoms with van der Waals surface area (Å²) in [6.45, 7) is 6.48. The fraction of sp³-hybridized carbons (Fsp3) is 0.273. The summed E-state index contributed by atoms with van der Waals surface area (Å²) in [5.41, 5.74) is 4.94. The SMILES string of the molecule is COc1ccccc1NC(=O)C1=C(C)NC2=C(C(=O)CC(C)(C)C2)[C@@H]1c1ccccc1OCc1ccccc1. The van der Waals surface area contributed by atoms with Crippen molar-refractivity contribution < 1.29 is 19.1 Å². The summed E-state index contributed by atoms with van der Waals surface area (Å²) in [6.07, 6.45) is 1.13.